The summed E-state index contributed by atoms with van der Waals surface area (Å²) in [5.41, 5.74) is 5.67. The highest BCUT2D eigenvalue weighted by atomic mass is 79.9. The van der Waals surface area contributed by atoms with Crippen molar-refractivity contribution in [1.82, 2.24) is 9.55 Å². The minimum atomic E-state index is -0.0523. The van der Waals surface area contributed by atoms with Gasteiger partial charge in [-0.2, -0.15) is 0 Å². The minimum absolute atomic E-state index is 0.0523. The Morgan fingerprint density at radius 3 is 2.43 bits per heavy atom. The number of benzene rings is 2. The Morgan fingerprint density at radius 1 is 1.10 bits per heavy atom. The van der Waals surface area contributed by atoms with Crippen LogP contribution in [-0.2, 0) is 13.2 Å². The standard InChI is InChI=1S/C17H17BrN2O/c1-11-7-15-16(8-12(11)2)20(17(10-21)19-15)9-13-3-5-14(18)6-4-13/h3-8,21H,9-10H2,1-2H3. The number of fused-ring (bicyclic) bond motifs is 1. The van der Waals surface area contributed by atoms with Crippen molar-refractivity contribution < 1.29 is 5.11 Å². The number of halogens is 1. The number of aryl methyl sites for hydroxylation is 2. The largest absolute Gasteiger partial charge is 0.388 e. The zero-order valence-corrected chi connectivity index (χ0v) is 13.7. The monoisotopic (exact) mass is 344 g/mol. The first-order valence-electron chi connectivity index (χ1n) is 6.90. The van der Waals surface area contributed by atoms with Crippen LogP contribution in [0.4, 0.5) is 0 Å². The highest BCUT2D eigenvalue weighted by molar-refractivity contribution is 9.10. The van der Waals surface area contributed by atoms with Gasteiger partial charge in [0, 0.05) is 11.0 Å². The van der Waals surface area contributed by atoms with Crippen molar-refractivity contribution in [2.45, 2.75) is 27.0 Å². The van der Waals surface area contributed by atoms with Crippen LogP contribution in [0.25, 0.3) is 11.0 Å². The van der Waals surface area contributed by atoms with Gasteiger partial charge in [0.15, 0.2) is 0 Å². The fraction of sp³-hybridized carbons (Fsp3) is 0.235. The second-order valence-corrected chi connectivity index (χ2v) is 6.24. The predicted octanol–water partition coefficient (Wildman–Crippen LogP) is 3.96. The van der Waals surface area contributed by atoms with Crippen molar-refractivity contribution in [3.8, 4) is 0 Å². The lowest BCUT2D eigenvalue weighted by Crippen LogP contribution is -2.05. The molecule has 1 N–H and O–H groups in total. The molecule has 1 aromatic heterocycles. The second-order valence-electron chi connectivity index (χ2n) is 5.32. The predicted molar refractivity (Wildman–Crippen MR) is 88.4 cm³/mol. The third-order valence-corrected chi connectivity index (χ3v) is 4.37. The normalized spacial score (nSPS) is 11.2. The minimum Gasteiger partial charge on any atom is -0.388 e. The number of aromatic nitrogens is 2. The van der Waals surface area contributed by atoms with E-state index in [-0.39, 0.29) is 6.61 Å². The van der Waals surface area contributed by atoms with E-state index in [4.69, 9.17) is 0 Å². The Bertz CT molecular complexity index is 791. The van der Waals surface area contributed by atoms with E-state index in [1.807, 2.05) is 12.1 Å². The van der Waals surface area contributed by atoms with Crippen molar-refractivity contribution >= 4 is 27.0 Å². The van der Waals surface area contributed by atoms with E-state index < -0.39 is 0 Å². The number of imidazole rings is 1. The summed E-state index contributed by atoms with van der Waals surface area (Å²) in [7, 11) is 0. The van der Waals surface area contributed by atoms with Crippen molar-refractivity contribution in [1.29, 1.82) is 0 Å². The third kappa shape index (κ3) is 2.74. The average Bonchev–Trinajstić information content (AvgIpc) is 2.79. The molecule has 0 radical (unpaired) electrons. The van der Waals surface area contributed by atoms with Crippen LogP contribution in [0.1, 0.15) is 22.5 Å². The van der Waals surface area contributed by atoms with Crippen molar-refractivity contribution in [3.63, 3.8) is 0 Å². The maximum Gasteiger partial charge on any atom is 0.136 e. The molecule has 3 rings (SSSR count). The Balaban J connectivity index is 2.11. The van der Waals surface area contributed by atoms with Gasteiger partial charge in [0.2, 0.25) is 0 Å². The molecule has 2 aromatic carbocycles. The number of rotatable bonds is 3. The summed E-state index contributed by atoms with van der Waals surface area (Å²) in [5.74, 6) is 0.706. The molecule has 0 saturated carbocycles. The number of nitrogens with zero attached hydrogens (tertiary/aromatic N) is 2. The van der Waals surface area contributed by atoms with Gasteiger partial charge in [0.25, 0.3) is 0 Å². The van der Waals surface area contributed by atoms with Gasteiger partial charge < -0.3 is 9.67 Å². The van der Waals surface area contributed by atoms with E-state index in [9.17, 15) is 5.11 Å². The Labute approximate surface area is 132 Å². The summed E-state index contributed by atoms with van der Waals surface area (Å²) in [4.78, 5) is 4.55. The molecule has 0 amide bonds. The van der Waals surface area contributed by atoms with Crippen LogP contribution in [-0.4, -0.2) is 14.7 Å². The van der Waals surface area contributed by atoms with E-state index in [1.54, 1.807) is 0 Å². The van der Waals surface area contributed by atoms with Crippen molar-refractivity contribution in [2.75, 3.05) is 0 Å². The van der Waals surface area contributed by atoms with Crippen LogP contribution >= 0.6 is 15.9 Å². The quantitative estimate of drug-likeness (QED) is 0.780. The molecule has 1 heterocycles. The van der Waals surface area contributed by atoms with Gasteiger partial charge in [-0.15, -0.1) is 0 Å². The van der Waals surface area contributed by atoms with Crippen LogP contribution < -0.4 is 0 Å². The fourth-order valence-corrected chi connectivity index (χ4v) is 2.76. The summed E-state index contributed by atoms with van der Waals surface area (Å²) in [6.45, 7) is 4.84. The van der Waals surface area contributed by atoms with Crippen molar-refractivity contribution in [3.05, 3.63) is 63.4 Å². The third-order valence-electron chi connectivity index (χ3n) is 3.84. The second kappa shape index (κ2) is 5.62. The molecule has 3 aromatic rings. The average molecular weight is 345 g/mol. The Kier molecular flexibility index (Phi) is 3.83. The lowest BCUT2D eigenvalue weighted by atomic mass is 10.1. The van der Waals surface area contributed by atoms with Gasteiger partial charge in [0.1, 0.15) is 12.4 Å². The SMILES string of the molecule is Cc1cc2nc(CO)n(Cc3ccc(Br)cc3)c2cc1C. The van der Waals surface area contributed by atoms with Gasteiger partial charge in [-0.25, -0.2) is 4.98 Å². The highest BCUT2D eigenvalue weighted by Crippen LogP contribution is 2.22. The molecule has 0 aliphatic rings. The molecular formula is C17H17BrN2O. The number of aliphatic hydroxyl groups excluding tert-OH is 1. The summed E-state index contributed by atoms with van der Waals surface area (Å²) in [5, 5.41) is 9.59. The molecule has 108 valence electrons. The number of hydrogen-bond donors (Lipinski definition) is 1. The van der Waals surface area contributed by atoms with E-state index in [1.165, 1.54) is 16.7 Å². The molecular weight excluding hydrogens is 328 g/mol. The van der Waals surface area contributed by atoms with Crippen LogP contribution in [0, 0.1) is 13.8 Å². The molecule has 0 aliphatic carbocycles. The smallest absolute Gasteiger partial charge is 0.136 e. The molecule has 0 bridgehead atoms. The first kappa shape index (κ1) is 14.3. The first-order chi connectivity index (χ1) is 10.1. The van der Waals surface area contributed by atoms with Gasteiger partial charge in [-0.3, -0.25) is 0 Å². The number of aliphatic hydroxyl groups is 1. The fourth-order valence-electron chi connectivity index (χ4n) is 2.50. The summed E-state index contributed by atoms with van der Waals surface area (Å²) >= 11 is 3.45. The molecule has 0 unspecified atom stereocenters. The molecule has 3 nitrogen and oxygen atoms in total. The van der Waals surface area contributed by atoms with Gasteiger partial charge >= 0.3 is 0 Å². The van der Waals surface area contributed by atoms with Crippen LogP contribution in [0.15, 0.2) is 40.9 Å². The lowest BCUT2D eigenvalue weighted by Gasteiger charge is -2.09. The zero-order valence-electron chi connectivity index (χ0n) is 12.1. The molecule has 0 spiro atoms. The van der Waals surface area contributed by atoms with Crippen LogP contribution in [0.3, 0.4) is 0 Å². The van der Waals surface area contributed by atoms with Gasteiger partial charge in [-0.1, -0.05) is 28.1 Å². The molecule has 0 saturated heterocycles. The topological polar surface area (TPSA) is 38.1 Å². The Morgan fingerprint density at radius 2 is 1.76 bits per heavy atom. The lowest BCUT2D eigenvalue weighted by molar-refractivity contribution is 0.267. The Hall–Kier alpha value is -1.65. The molecule has 0 fully saturated rings. The van der Waals surface area contributed by atoms with E-state index in [2.05, 4.69) is 63.6 Å². The van der Waals surface area contributed by atoms with E-state index in [0.717, 1.165) is 15.5 Å². The van der Waals surface area contributed by atoms with Crippen LogP contribution in [0.2, 0.25) is 0 Å². The highest BCUT2D eigenvalue weighted by Gasteiger charge is 2.11. The molecule has 4 heteroatoms. The van der Waals surface area contributed by atoms with E-state index >= 15 is 0 Å². The van der Waals surface area contributed by atoms with Crippen molar-refractivity contribution in [2.24, 2.45) is 0 Å². The summed E-state index contributed by atoms with van der Waals surface area (Å²) in [6, 6.07) is 12.5. The van der Waals surface area contributed by atoms with Gasteiger partial charge in [0.05, 0.1) is 11.0 Å². The summed E-state index contributed by atoms with van der Waals surface area (Å²) in [6.07, 6.45) is 0. The maximum atomic E-state index is 9.59. The molecule has 0 atom stereocenters. The van der Waals surface area contributed by atoms with Gasteiger partial charge in [-0.05, 0) is 54.8 Å². The zero-order chi connectivity index (χ0) is 15.0. The maximum absolute atomic E-state index is 9.59. The van der Waals surface area contributed by atoms with Crippen LogP contribution in [0.5, 0.6) is 0 Å². The van der Waals surface area contributed by atoms with E-state index in [0.29, 0.717) is 12.4 Å². The number of hydrogen-bond acceptors (Lipinski definition) is 2. The molecule has 0 aliphatic heterocycles. The summed E-state index contributed by atoms with van der Waals surface area (Å²) < 4.78 is 3.15. The molecule has 21 heavy (non-hydrogen) atoms. The first-order valence-corrected chi connectivity index (χ1v) is 7.69.